The maximum atomic E-state index is 13.1. The van der Waals surface area contributed by atoms with E-state index in [1.165, 1.54) is 12.1 Å². The number of nitrogens with zero attached hydrogens (tertiary/aromatic N) is 1. The number of fused-ring (bicyclic) bond motifs is 1. The Labute approximate surface area is 170 Å². The normalized spacial score (nSPS) is 20.3. The van der Waals surface area contributed by atoms with Gasteiger partial charge in [-0.1, -0.05) is 0 Å². The molecule has 1 aliphatic carbocycles. The lowest BCUT2D eigenvalue weighted by atomic mass is 9.82. The number of carbonyl (C=O) groups is 2. The van der Waals surface area contributed by atoms with Gasteiger partial charge in [-0.3, -0.25) is 9.59 Å². The molecule has 1 heterocycles. The molecule has 0 amide bonds. The lowest BCUT2D eigenvalue weighted by molar-refractivity contribution is 0.0812. The summed E-state index contributed by atoms with van der Waals surface area (Å²) in [5.41, 5.74) is 2.49. The van der Waals surface area contributed by atoms with Gasteiger partial charge >= 0.3 is 0 Å². The van der Waals surface area contributed by atoms with Crippen LogP contribution >= 0.6 is 0 Å². The van der Waals surface area contributed by atoms with E-state index in [2.05, 4.69) is 4.90 Å². The monoisotopic (exact) mass is 395 g/mol. The summed E-state index contributed by atoms with van der Waals surface area (Å²) in [7, 11) is 1.64. The van der Waals surface area contributed by atoms with Gasteiger partial charge in [-0.2, -0.15) is 0 Å². The van der Waals surface area contributed by atoms with Crippen LogP contribution in [0.25, 0.3) is 0 Å². The molecule has 4 nitrogen and oxygen atoms in total. The number of hydrogen-bond acceptors (Lipinski definition) is 4. The van der Waals surface area contributed by atoms with E-state index >= 15 is 0 Å². The van der Waals surface area contributed by atoms with Crippen LogP contribution in [0.5, 0.6) is 5.75 Å². The van der Waals surface area contributed by atoms with E-state index in [1.807, 2.05) is 18.2 Å². The fourth-order valence-corrected chi connectivity index (χ4v) is 4.62. The molecule has 0 aromatic heterocycles. The Bertz CT molecular complexity index is 901. The number of piperidine rings is 1. The van der Waals surface area contributed by atoms with E-state index in [-0.39, 0.29) is 23.3 Å². The fourth-order valence-electron chi connectivity index (χ4n) is 4.62. The maximum absolute atomic E-state index is 13.1. The number of halogens is 1. The highest BCUT2D eigenvalue weighted by Crippen LogP contribution is 2.30. The van der Waals surface area contributed by atoms with Gasteiger partial charge in [0.15, 0.2) is 11.6 Å². The van der Waals surface area contributed by atoms with Gasteiger partial charge in [0.05, 0.1) is 7.11 Å². The highest BCUT2D eigenvalue weighted by molar-refractivity contribution is 5.99. The van der Waals surface area contributed by atoms with Crippen molar-refractivity contribution in [2.45, 2.75) is 25.7 Å². The van der Waals surface area contributed by atoms with E-state index < -0.39 is 0 Å². The number of benzene rings is 2. The van der Waals surface area contributed by atoms with Gasteiger partial charge in [0.1, 0.15) is 11.6 Å². The fraction of sp³-hybridized carbons (Fsp3) is 0.417. The number of ketones is 2. The van der Waals surface area contributed by atoms with Gasteiger partial charge < -0.3 is 9.64 Å². The molecule has 0 bridgehead atoms. The zero-order valence-electron chi connectivity index (χ0n) is 16.7. The van der Waals surface area contributed by atoms with Crippen molar-refractivity contribution in [3.8, 4) is 5.75 Å². The molecule has 0 spiro atoms. The van der Waals surface area contributed by atoms with E-state index in [4.69, 9.17) is 4.74 Å². The number of rotatable bonds is 5. The number of Topliss-reactive ketones (excluding diaryl/α,β-unsaturated/α-hetero) is 2. The number of ether oxygens (including phenoxy) is 1. The van der Waals surface area contributed by atoms with Crippen LogP contribution in [0.4, 0.5) is 4.39 Å². The Morgan fingerprint density at radius 2 is 1.83 bits per heavy atom. The number of hydrogen-bond donors (Lipinski definition) is 0. The van der Waals surface area contributed by atoms with Gasteiger partial charge in [0.25, 0.3) is 0 Å². The van der Waals surface area contributed by atoms with Crippen LogP contribution in [0, 0.1) is 17.7 Å². The van der Waals surface area contributed by atoms with Crippen LogP contribution in [0.15, 0.2) is 42.5 Å². The molecule has 2 aromatic rings. The number of methoxy groups -OCH3 is 1. The first kappa shape index (κ1) is 19.8. The molecule has 0 radical (unpaired) electrons. The molecule has 0 saturated carbocycles. The molecule has 1 aliphatic heterocycles. The molecule has 4 rings (SSSR count). The zero-order chi connectivity index (χ0) is 20.4. The first-order valence-electron chi connectivity index (χ1n) is 10.3. The summed E-state index contributed by atoms with van der Waals surface area (Å²) in [6, 6.07) is 11.5. The quantitative estimate of drug-likeness (QED) is 0.713. The van der Waals surface area contributed by atoms with Gasteiger partial charge in [-0.15, -0.1) is 0 Å². The molecular formula is C24H26FNO3. The lowest BCUT2D eigenvalue weighted by Crippen LogP contribution is -2.40. The van der Waals surface area contributed by atoms with Crippen molar-refractivity contribution in [1.29, 1.82) is 0 Å². The number of likely N-dealkylation sites (tertiary alicyclic amines) is 1. The largest absolute Gasteiger partial charge is 0.497 e. The Balaban J connectivity index is 1.33. The van der Waals surface area contributed by atoms with Gasteiger partial charge in [0.2, 0.25) is 0 Å². The van der Waals surface area contributed by atoms with Crippen LogP contribution in [-0.4, -0.2) is 43.2 Å². The predicted octanol–water partition coefficient (Wildman–Crippen LogP) is 4.17. The highest BCUT2D eigenvalue weighted by Gasteiger charge is 2.30. The van der Waals surface area contributed by atoms with E-state index in [0.717, 1.165) is 55.8 Å². The molecule has 5 heteroatoms. The second kappa shape index (κ2) is 8.46. The van der Waals surface area contributed by atoms with Crippen molar-refractivity contribution in [3.05, 3.63) is 65.0 Å². The average Bonchev–Trinajstić information content (AvgIpc) is 2.74. The average molecular weight is 395 g/mol. The summed E-state index contributed by atoms with van der Waals surface area (Å²) in [5.74, 6) is 1.08. The minimum absolute atomic E-state index is 0.00492. The molecule has 2 aromatic carbocycles. The second-order valence-electron chi connectivity index (χ2n) is 8.17. The summed E-state index contributed by atoms with van der Waals surface area (Å²) < 4.78 is 18.4. The van der Waals surface area contributed by atoms with Crippen LogP contribution in [0.2, 0.25) is 0 Å². The second-order valence-corrected chi connectivity index (χ2v) is 8.17. The maximum Gasteiger partial charge on any atom is 0.166 e. The third-order valence-corrected chi connectivity index (χ3v) is 6.20. The SMILES string of the molecule is COc1ccc2c(c1)C[C@H](CN1CCC(C(=O)c3ccc(F)cc3)CC1)CC2=O. The lowest BCUT2D eigenvalue weighted by Gasteiger charge is -2.35. The molecule has 29 heavy (non-hydrogen) atoms. The van der Waals surface area contributed by atoms with E-state index in [0.29, 0.717) is 17.9 Å². The number of carbonyl (C=O) groups excluding carboxylic acids is 2. The van der Waals surface area contributed by atoms with Crippen LogP contribution in [0.3, 0.4) is 0 Å². The Kier molecular flexibility index (Phi) is 5.76. The van der Waals surface area contributed by atoms with Crippen molar-refractivity contribution in [1.82, 2.24) is 4.90 Å². The summed E-state index contributed by atoms with van der Waals surface area (Å²) in [6.07, 6.45) is 3.07. The van der Waals surface area contributed by atoms with E-state index in [9.17, 15) is 14.0 Å². The smallest absolute Gasteiger partial charge is 0.166 e. The molecule has 2 aliphatic rings. The van der Waals surface area contributed by atoms with Crippen LogP contribution < -0.4 is 4.74 Å². The Morgan fingerprint density at radius 1 is 1.10 bits per heavy atom. The van der Waals surface area contributed by atoms with Crippen molar-refractivity contribution in [2.24, 2.45) is 11.8 Å². The summed E-state index contributed by atoms with van der Waals surface area (Å²) in [4.78, 5) is 27.6. The Hall–Kier alpha value is -2.53. The van der Waals surface area contributed by atoms with Gasteiger partial charge in [0, 0.05) is 30.0 Å². The van der Waals surface area contributed by atoms with Crippen LogP contribution in [0.1, 0.15) is 45.5 Å². The molecule has 1 saturated heterocycles. The minimum Gasteiger partial charge on any atom is -0.497 e. The topological polar surface area (TPSA) is 46.6 Å². The third kappa shape index (κ3) is 4.40. The molecule has 1 fully saturated rings. The first-order valence-corrected chi connectivity index (χ1v) is 10.3. The standard InChI is InChI=1S/C24H26FNO3/c1-29-21-6-7-22-19(14-21)12-16(13-23(22)27)15-26-10-8-18(9-11-26)24(28)17-2-4-20(25)5-3-17/h2-7,14,16,18H,8-13,15H2,1H3/t16-/m0/s1. The van der Waals surface area contributed by atoms with Gasteiger partial charge in [-0.05, 0) is 86.3 Å². The summed E-state index contributed by atoms with van der Waals surface area (Å²) in [6.45, 7) is 2.58. The Morgan fingerprint density at radius 3 is 2.52 bits per heavy atom. The summed E-state index contributed by atoms with van der Waals surface area (Å²) >= 11 is 0. The summed E-state index contributed by atoms with van der Waals surface area (Å²) in [5, 5.41) is 0. The molecule has 152 valence electrons. The van der Waals surface area contributed by atoms with Crippen molar-refractivity contribution < 1.29 is 18.7 Å². The predicted molar refractivity (Wildman–Crippen MR) is 109 cm³/mol. The van der Waals surface area contributed by atoms with E-state index in [1.54, 1.807) is 19.2 Å². The zero-order valence-corrected chi connectivity index (χ0v) is 16.7. The molecular weight excluding hydrogens is 369 g/mol. The molecule has 1 atom stereocenters. The molecule has 0 unspecified atom stereocenters. The van der Waals surface area contributed by atoms with Gasteiger partial charge in [-0.25, -0.2) is 4.39 Å². The van der Waals surface area contributed by atoms with Crippen molar-refractivity contribution in [2.75, 3.05) is 26.7 Å². The minimum atomic E-state index is -0.322. The highest BCUT2D eigenvalue weighted by atomic mass is 19.1. The molecule has 0 N–H and O–H groups in total. The van der Waals surface area contributed by atoms with Crippen molar-refractivity contribution >= 4 is 11.6 Å². The third-order valence-electron chi connectivity index (χ3n) is 6.20. The van der Waals surface area contributed by atoms with Crippen molar-refractivity contribution in [3.63, 3.8) is 0 Å². The first-order chi connectivity index (χ1) is 14.0. The van der Waals surface area contributed by atoms with Crippen LogP contribution in [-0.2, 0) is 6.42 Å².